The minimum absolute atomic E-state index is 0.164. The molecule has 0 radical (unpaired) electrons. The maximum Gasteiger partial charge on any atom is 0.235 e. The van der Waals surface area contributed by atoms with Gasteiger partial charge in [-0.05, 0) is 51.2 Å². The highest BCUT2D eigenvalue weighted by molar-refractivity contribution is 6.16. The number of benzene rings is 6. The molecule has 0 atom stereocenters. The lowest BCUT2D eigenvalue weighted by atomic mass is 9.80. The van der Waals surface area contributed by atoms with Gasteiger partial charge in [0.05, 0.1) is 22.2 Å². The zero-order valence-corrected chi connectivity index (χ0v) is 23.5. The molecular formula is C39H27N3. The van der Waals surface area contributed by atoms with E-state index >= 15 is 0 Å². The van der Waals surface area contributed by atoms with Crippen LogP contribution in [0.3, 0.4) is 0 Å². The molecule has 1 aliphatic carbocycles. The first-order chi connectivity index (χ1) is 20.6. The standard InChI is InChI=1S/C39H27N3/c1-39(2)30-22-20-24-12-6-7-15-26(24)34(30)29-21-23-33-35(36(29)39)28-17-9-11-19-32(28)42(33)38-40-31-18-10-8-16-27(31)37(41-38)25-13-4-3-5-14-25/h3-23H,1-2H3. The van der Waals surface area contributed by atoms with Crippen molar-refractivity contribution in [3.63, 3.8) is 0 Å². The summed E-state index contributed by atoms with van der Waals surface area (Å²) in [6, 6.07) is 45.4. The van der Waals surface area contributed by atoms with Gasteiger partial charge >= 0.3 is 0 Å². The van der Waals surface area contributed by atoms with Crippen LogP contribution >= 0.6 is 0 Å². The molecule has 1 aliphatic rings. The lowest BCUT2D eigenvalue weighted by Crippen LogP contribution is -2.15. The third-order valence-electron chi connectivity index (χ3n) is 9.17. The number of aromatic nitrogens is 3. The summed E-state index contributed by atoms with van der Waals surface area (Å²) < 4.78 is 2.26. The number of rotatable bonds is 2. The number of nitrogens with zero attached hydrogens (tertiary/aromatic N) is 3. The van der Waals surface area contributed by atoms with E-state index in [0.29, 0.717) is 5.95 Å². The average Bonchev–Trinajstić information content (AvgIpc) is 3.49. The summed E-state index contributed by atoms with van der Waals surface area (Å²) in [5, 5.41) is 6.16. The highest BCUT2D eigenvalue weighted by atomic mass is 15.2. The Morgan fingerprint density at radius 1 is 0.571 bits per heavy atom. The molecule has 198 valence electrons. The lowest BCUT2D eigenvalue weighted by molar-refractivity contribution is 0.667. The van der Waals surface area contributed by atoms with Gasteiger partial charge in [0.2, 0.25) is 5.95 Å². The molecule has 2 heterocycles. The number of fused-ring (bicyclic) bond motifs is 10. The third-order valence-corrected chi connectivity index (χ3v) is 9.17. The van der Waals surface area contributed by atoms with Crippen molar-refractivity contribution in [2.75, 3.05) is 0 Å². The normalized spacial score (nSPS) is 13.7. The summed E-state index contributed by atoms with van der Waals surface area (Å²) in [4.78, 5) is 10.4. The molecule has 0 saturated carbocycles. The zero-order chi connectivity index (χ0) is 28.0. The van der Waals surface area contributed by atoms with Crippen molar-refractivity contribution < 1.29 is 0 Å². The van der Waals surface area contributed by atoms with E-state index in [1.165, 1.54) is 43.8 Å². The molecule has 0 aliphatic heterocycles. The van der Waals surface area contributed by atoms with E-state index in [2.05, 4.69) is 140 Å². The van der Waals surface area contributed by atoms with Crippen LogP contribution in [0.15, 0.2) is 127 Å². The highest BCUT2D eigenvalue weighted by Gasteiger charge is 2.39. The van der Waals surface area contributed by atoms with Gasteiger partial charge in [-0.25, -0.2) is 9.97 Å². The molecule has 3 nitrogen and oxygen atoms in total. The Kier molecular flexibility index (Phi) is 4.67. The summed E-state index contributed by atoms with van der Waals surface area (Å²) >= 11 is 0. The summed E-state index contributed by atoms with van der Waals surface area (Å²) in [7, 11) is 0. The van der Waals surface area contributed by atoms with Crippen molar-refractivity contribution in [3.05, 3.63) is 139 Å². The van der Waals surface area contributed by atoms with Crippen molar-refractivity contribution in [2.45, 2.75) is 19.3 Å². The van der Waals surface area contributed by atoms with E-state index in [1.807, 2.05) is 6.07 Å². The van der Waals surface area contributed by atoms with Gasteiger partial charge in [0.1, 0.15) is 0 Å². The second kappa shape index (κ2) is 8.37. The van der Waals surface area contributed by atoms with Gasteiger partial charge in [0, 0.05) is 27.1 Å². The highest BCUT2D eigenvalue weighted by Crippen LogP contribution is 2.55. The Morgan fingerprint density at radius 2 is 1.29 bits per heavy atom. The summed E-state index contributed by atoms with van der Waals surface area (Å²) in [6.45, 7) is 4.75. The van der Waals surface area contributed by atoms with Gasteiger partial charge in [-0.1, -0.05) is 123 Å². The minimum atomic E-state index is -0.164. The second-order valence-corrected chi connectivity index (χ2v) is 11.8. The van der Waals surface area contributed by atoms with Crippen molar-refractivity contribution >= 4 is 43.5 Å². The van der Waals surface area contributed by atoms with E-state index in [9.17, 15) is 0 Å². The molecule has 0 saturated heterocycles. The first-order valence-electron chi connectivity index (χ1n) is 14.5. The van der Waals surface area contributed by atoms with Crippen molar-refractivity contribution in [1.82, 2.24) is 14.5 Å². The number of hydrogen-bond acceptors (Lipinski definition) is 2. The Morgan fingerprint density at radius 3 is 2.14 bits per heavy atom. The largest absolute Gasteiger partial charge is 0.278 e. The van der Waals surface area contributed by atoms with Crippen molar-refractivity contribution in [3.8, 4) is 28.3 Å². The molecule has 3 heteroatoms. The minimum Gasteiger partial charge on any atom is -0.278 e. The molecule has 0 fully saturated rings. The Bertz CT molecular complexity index is 2380. The smallest absolute Gasteiger partial charge is 0.235 e. The van der Waals surface area contributed by atoms with Crippen LogP contribution in [0, 0.1) is 0 Å². The van der Waals surface area contributed by atoms with Crippen LogP contribution in [0.2, 0.25) is 0 Å². The maximum absolute atomic E-state index is 5.28. The van der Waals surface area contributed by atoms with Gasteiger partial charge in [-0.2, -0.15) is 0 Å². The van der Waals surface area contributed by atoms with Gasteiger partial charge in [0.25, 0.3) is 0 Å². The van der Waals surface area contributed by atoms with Gasteiger partial charge in [-0.3, -0.25) is 4.57 Å². The summed E-state index contributed by atoms with van der Waals surface area (Å²) in [5.74, 6) is 0.692. The topological polar surface area (TPSA) is 30.7 Å². The molecule has 6 aromatic carbocycles. The molecule has 9 rings (SSSR count). The molecular weight excluding hydrogens is 510 g/mol. The molecule has 0 amide bonds. The van der Waals surface area contributed by atoms with Crippen LogP contribution in [0.25, 0.3) is 71.8 Å². The Balaban J connectivity index is 1.41. The summed E-state index contributed by atoms with van der Waals surface area (Å²) in [5.41, 5.74) is 10.5. The molecule has 0 unspecified atom stereocenters. The molecule has 2 aromatic heterocycles. The molecule has 0 spiro atoms. The predicted octanol–water partition coefficient (Wildman–Crippen LogP) is 9.85. The van der Waals surface area contributed by atoms with E-state index < -0.39 is 0 Å². The van der Waals surface area contributed by atoms with Crippen LogP contribution in [0.5, 0.6) is 0 Å². The fourth-order valence-electron chi connectivity index (χ4n) is 7.33. The number of hydrogen-bond donors (Lipinski definition) is 0. The predicted molar refractivity (Wildman–Crippen MR) is 174 cm³/mol. The van der Waals surface area contributed by atoms with Gasteiger partial charge < -0.3 is 0 Å². The van der Waals surface area contributed by atoms with Crippen molar-refractivity contribution in [1.29, 1.82) is 0 Å². The van der Waals surface area contributed by atoms with Crippen LogP contribution in [0.1, 0.15) is 25.0 Å². The lowest BCUT2D eigenvalue weighted by Gasteiger charge is -2.23. The fourth-order valence-corrected chi connectivity index (χ4v) is 7.33. The van der Waals surface area contributed by atoms with E-state index in [-0.39, 0.29) is 5.41 Å². The number of para-hydroxylation sites is 2. The summed E-state index contributed by atoms with van der Waals surface area (Å²) in [6.07, 6.45) is 0. The van der Waals surface area contributed by atoms with Crippen LogP contribution in [0.4, 0.5) is 0 Å². The molecule has 42 heavy (non-hydrogen) atoms. The average molecular weight is 538 g/mol. The second-order valence-electron chi connectivity index (χ2n) is 11.8. The van der Waals surface area contributed by atoms with E-state index in [4.69, 9.17) is 9.97 Å². The van der Waals surface area contributed by atoms with E-state index in [0.717, 1.165) is 33.2 Å². The zero-order valence-electron chi connectivity index (χ0n) is 23.5. The van der Waals surface area contributed by atoms with Crippen molar-refractivity contribution in [2.24, 2.45) is 0 Å². The SMILES string of the molecule is CC1(C)c2ccc3ccccc3c2-c2ccc3c(c21)c1ccccc1n3-c1nc(-c2ccccc2)c2ccccc2n1. The first kappa shape index (κ1) is 23.4. The quantitative estimate of drug-likeness (QED) is 0.220. The van der Waals surface area contributed by atoms with Gasteiger partial charge in [-0.15, -0.1) is 0 Å². The fraction of sp³-hybridized carbons (Fsp3) is 0.0769. The van der Waals surface area contributed by atoms with Gasteiger partial charge in [0.15, 0.2) is 0 Å². The molecule has 0 N–H and O–H groups in total. The Labute approximate surface area is 243 Å². The van der Waals surface area contributed by atoms with E-state index in [1.54, 1.807) is 0 Å². The maximum atomic E-state index is 5.28. The van der Waals surface area contributed by atoms with Crippen LogP contribution < -0.4 is 0 Å². The third kappa shape index (κ3) is 3.05. The Hall–Kier alpha value is -5.28. The molecule has 0 bridgehead atoms. The first-order valence-corrected chi connectivity index (χ1v) is 14.5. The van der Waals surface area contributed by atoms with Crippen LogP contribution in [-0.2, 0) is 5.41 Å². The molecule has 8 aromatic rings. The monoisotopic (exact) mass is 537 g/mol. The van der Waals surface area contributed by atoms with Crippen LogP contribution in [-0.4, -0.2) is 14.5 Å².